The van der Waals surface area contributed by atoms with E-state index in [4.69, 9.17) is 9.47 Å². The first kappa shape index (κ1) is 20.1. The standard InChI is InChI=1S/C18H29BrN4O2S/c1-20-18(21-6-12-24-14-15-3-2-11-25-15)23-9-7-22(8-10-23)13-16-4-5-17(19)26-16/h4-5,15H,2-3,6-14H2,1H3,(H,20,21). The lowest BCUT2D eigenvalue weighted by Gasteiger charge is -2.36. The number of ether oxygens (including phenoxy) is 2. The first-order valence-corrected chi connectivity index (χ1v) is 11.0. The zero-order valence-corrected chi connectivity index (χ0v) is 17.9. The summed E-state index contributed by atoms with van der Waals surface area (Å²) in [5.74, 6) is 0.976. The Morgan fingerprint density at radius 1 is 1.38 bits per heavy atom. The summed E-state index contributed by atoms with van der Waals surface area (Å²) in [7, 11) is 1.85. The van der Waals surface area contributed by atoms with Crippen LogP contribution in [0.4, 0.5) is 0 Å². The SMILES string of the molecule is CN=C(NCCOCC1CCCO1)N1CCN(Cc2ccc(Br)s2)CC1. The molecule has 3 rings (SSSR count). The first-order chi connectivity index (χ1) is 12.7. The van der Waals surface area contributed by atoms with Crippen molar-refractivity contribution in [2.45, 2.75) is 25.5 Å². The summed E-state index contributed by atoms with van der Waals surface area (Å²) < 4.78 is 12.5. The average Bonchev–Trinajstić information content (AvgIpc) is 3.31. The Hall–Kier alpha value is -0.670. The third-order valence-corrected chi connectivity index (χ3v) is 6.36. The van der Waals surface area contributed by atoms with Crippen LogP contribution in [0.2, 0.25) is 0 Å². The molecule has 0 aliphatic carbocycles. The lowest BCUT2D eigenvalue weighted by molar-refractivity contribution is 0.0189. The van der Waals surface area contributed by atoms with Gasteiger partial charge in [0.25, 0.3) is 0 Å². The van der Waals surface area contributed by atoms with Crippen molar-refractivity contribution in [3.05, 3.63) is 20.8 Å². The van der Waals surface area contributed by atoms with Crippen molar-refractivity contribution >= 4 is 33.2 Å². The number of nitrogens with one attached hydrogen (secondary N) is 1. The van der Waals surface area contributed by atoms with Crippen molar-refractivity contribution in [1.29, 1.82) is 0 Å². The third kappa shape index (κ3) is 6.20. The van der Waals surface area contributed by atoms with E-state index in [-0.39, 0.29) is 0 Å². The molecule has 3 heterocycles. The van der Waals surface area contributed by atoms with Crippen molar-refractivity contribution < 1.29 is 9.47 Å². The van der Waals surface area contributed by atoms with Gasteiger partial charge in [-0.15, -0.1) is 11.3 Å². The summed E-state index contributed by atoms with van der Waals surface area (Å²) in [5.41, 5.74) is 0. The molecule has 8 heteroatoms. The molecule has 0 aromatic carbocycles. The van der Waals surface area contributed by atoms with Gasteiger partial charge in [-0.05, 0) is 40.9 Å². The zero-order chi connectivity index (χ0) is 18.2. The zero-order valence-electron chi connectivity index (χ0n) is 15.5. The molecule has 1 atom stereocenters. The molecule has 6 nitrogen and oxygen atoms in total. The van der Waals surface area contributed by atoms with E-state index in [2.05, 4.69) is 48.2 Å². The molecular formula is C18H29BrN4O2S. The highest BCUT2D eigenvalue weighted by Gasteiger charge is 2.20. The van der Waals surface area contributed by atoms with Gasteiger partial charge in [-0.3, -0.25) is 9.89 Å². The minimum absolute atomic E-state index is 0.298. The van der Waals surface area contributed by atoms with E-state index >= 15 is 0 Å². The largest absolute Gasteiger partial charge is 0.377 e. The summed E-state index contributed by atoms with van der Waals surface area (Å²) in [6.45, 7) is 8.22. The highest BCUT2D eigenvalue weighted by molar-refractivity contribution is 9.11. The topological polar surface area (TPSA) is 49.3 Å². The number of thiophene rings is 1. The molecule has 0 bridgehead atoms. The molecule has 1 aromatic heterocycles. The van der Waals surface area contributed by atoms with Gasteiger partial charge < -0.3 is 19.7 Å². The molecular weight excluding hydrogens is 416 g/mol. The van der Waals surface area contributed by atoms with Gasteiger partial charge in [0.1, 0.15) is 0 Å². The molecule has 0 radical (unpaired) electrons. The number of rotatable bonds is 7. The van der Waals surface area contributed by atoms with Crippen LogP contribution in [0, 0.1) is 0 Å². The second-order valence-electron chi connectivity index (χ2n) is 6.65. The summed E-state index contributed by atoms with van der Waals surface area (Å²) in [4.78, 5) is 10.7. The monoisotopic (exact) mass is 444 g/mol. The van der Waals surface area contributed by atoms with Crippen LogP contribution in [0.25, 0.3) is 0 Å². The highest BCUT2D eigenvalue weighted by Crippen LogP contribution is 2.23. The van der Waals surface area contributed by atoms with Gasteiger partial charge in [0.15, 0.2) is 5.96 Å². The van der Waals surface area contributed by atoms with Crippen molar-refractivity contribution in [1.82, 2.24) is 15.1 Å². The molecule has 2 aliphatic heterocycles. The van der Waals surface area contributed by atoms with Crippen molar-refractivity contribution in [2.75, 3.05) is 59.6 Å². The van der Waals surface area contributed by atoms with Gasteiger partial charge in [-0.1, -0.05) is 0 Å². The Bertz CT molecular complexity index is 569. The number of hydrogen-bond acceptors (Lipinski definition) is 5. The molecule has 26 heavy (non-hydrogen) atoms. The summed E-state index contributed by atoms with van der Waals surface area (Å²) >= 11 is 5.36. The maximum atomic E-state index is 5.71. The predicted octanol–water partition coefficient (Wildman–Crippen LogP) is 2.40. The van der Waals surface area contributed by atoms with Crippen LogP contribution in [-0.4, -0.2) is 81.5 Å². The van der Waals surface area contributed by atoms with E-state index < -0.39 is 0 Å². The smallest absolute Gasteiger partial charge is 0.193 e. The van der Waals surface area contributed by atoms with Crippen LogP contribution in [0.5, 0.6) is 0 Å². The number of hydrogen-bond donors (Lipinski definition) is 1. The van der Waals surface area contributed by atoms with Crippen LogP contribution in [-0.2, 0) is 16.0 Å². The maximum absolute atomic E-state index is 5.71. The molecule has 2 aliphatic rings. The second-order valence-corrected chi connectivity index (χ2v) is 9.20. The fraction of sp³-hybridized carbons (Fsp3) is 0.722. The number of piperazine rings is 1. The molecule has 0 amide bonds. The number of guanidine groups is 1. The number of nitrogens with zero attached hydrogens (tertiary/aromatic N) is 3. The molecule has 1 unspecified atom stereocenters. The Balaban J connectivity index is 1.31. The lowest BCUT2D eigenvalue weighted by atomic mass is 10.2. The number of aliphatic imine (C=N–C) groups is 1. The Morgan fingerprint density at radius 2 is 2.23 bits per heavy atom. The molecule has 0 spiro atoms. The van der Waals surface area contributed by atoms with Crippen molar-refractivity contribution in [3.63, 3.8) is 0 Å². The lowest BCUT2D eigenvalue weighted by Crippen LogP contribution is -2.52. The molecule has 2 fully saturated rings. The second kappa shape index (κ2) is 10.6. The summed E-state index contributed by atoms with van der Waals surface area (Å²) in [5, 5.41) is 3.42. The average molecular weight is 445 g/mol. The Morgan fingerprint density at radius 3 is 2.88 bits per heavy atom. The van der Waals surface area contributed by atoms with Crippen molar-refractivity contribution in [2.24, 2.45) is 4.99 Å². The van der Waals surface area contributed by atoms with Gasteiger partial charge in [0.2, 0.25) is 0 Å². The van der Waals surface area contributed by atoms with E-state index in [0.29, 0.717) is 19.3 Å². The molecule has 146 valence electrons. The quantitative estimate of drug-likeness (QED) is 0.397. The molecule has 2 saturated heterocycles. The van der Waals surface area contributed by atoms with Gasteiger partial charge in [0.05, 0.1) is 23.1 Å². The van der Waals surface area contributed by atoms with Crippen molar-refractivity contribution in [3.8, 4) is 0 Å². The summed E-state index contributed by atoms with van der Waals surface area (Å²) in [6.07, 6.45) is 2.59. The van der Waals surface area contributed by atoms with E-state index in [1.54, 1.807) is 0 Å². The van der Waals surface area contributed by atoms with E-state index in [1.165, 1.54) is 8.66 Å². The fourth-order valence-electron chi connectivity index (χ4n) is 3.33. The van der Waals surface area contributed by atoms with E-state index in [1.807, 2.05) is 18.4 Å². The minimum atomic E-state index is 0.298. The Labute approximate surface area is 168 Å². The number of halogens is 1. The van der Waals surface area contributed by atoms with Crippen LogP contribution in [0.3, 0.4) is 0 Å². The van der Waals surface area contributed by atoms with Crippen LogP contribution < -0.4 is 5.32 Å². The molecule has 1 aromatic rings. The van der Waals surface area contributed by atoms with E-state index in [0.717, 1.165) is 64.7 Å². The van der Waals surface area contributed by atoms with Crippen LogP contribution in [0.1, 0.15) is 17.7 Å². The minimum Gasteiger partial charge on any atom is -0.377 e. The highest BCUT2D eigenvalue weighted by atomic mass is 79.9. The normalized spacial score (nSPS) is 22.2. The van der Waals surface area contributed by atoms with Gasteiger partial charge in [0, 0.05) is 57.8 Å². The van der Waals surface area contributed by atoms with Gasteiger partial charge >= 0.3 is 0 Å². The summed E-state index contributed by atoms with van der Waals surface area (Å²) in [6, 6.07) is 4.33. The fourth-order valence-corrected chi connectivity index (χ4v) is 4.86. The molecule has 0 saturated carbocycles. The van der Waals surface area contributed by atoms with Gasteiger partial charge in [-0.25, -0.2) is 0 Å². The van der Waals surface area contributed by atoms with Crippen LogP contribution in [0.15, 0.2) is 20.9 Å². The maximum Gasteiger partial charge on any atom is 0.193 e. The van der Waals surface area contributed by atoms with Gasteiger partial charge in [-0.2, -0.15) is 0 Å². The van der Waals surface area contributed by atoms with E-state index in [9.17, 15) is 0 Å². The Kier molecular flexibility index (Phi) is 8.19. The third-order valence-electron chi connectivity index (χ3n) is 4.75. The first-order valence-electron chi connectivity index (χ1n) is 9.36. The predicted molar refractivity (Wildman–Crippen MR) is 110 cm³/mol. The van der Waals surface area contributed by atoms with Crippen LogP contribution >= 0.6 is 27.3 Å². The molecule has 1 N–H and O–H groups in total.